The Morgan fingerprint density at radius 2 is 1.94 bits per heavy atom. The number of aliphatic carboxylic acids is 1. The summed E-state index contributed by atoms with van der Waals surface area (Å²) in [7, 11) is 0. The molecule has 1 aromatic carbocycles. The van der Waals surface area contributed by atoms with Crippen molar-refractivity contribution in [2.45, 2.75) is 24.9 Å². The molecule has 98 valence electrons. The number of halogens is 1. The van der Waals surface area contributed by atoms with Gasteiger partial charge in [0, 0.05) is 24.8 Å². The molecule has 0 unspecified atom stereocenters. The number of carboxylic acid groups (broad SMARTS) is 1. The highest BCUT2D eigenvalue weighted by atomic mass is 35.5. The molecule has 18 heavy (non-hydrogen) atoms. The summed E-state index contributed by atoms with van der Waals surface area (Å²) < 4.78 is 5.22. The fourth-order valence-corrected chi connectivity index (χ4v) is 2.19. The summed E-state index contributed by atoms with van der Waals surface area (Å²) in [4.78, 5) is 11.4. The summed E-state index contributed by atoms with van der Waals surface area (Å²) in [5, 5.41) is 13.2. The molecule has 1 aromatic rings. The van der Waals surface area contributed by atoms with Crippen molar-refractivity contribution in [2.75, 3.05) is 13.2 Å². The smallest absolute Gasteiger partial charge is 0.324 e. The molecule has 1 fully saturated rings. The molecule has 1 heterocycles. The fraction of sp³-hybridized carbons (Fsp3) is 0.462. The summed E-state index contributed by atoms with van der Waals surface area (Å²) >= 11 is 5.81. The number of nitrogens with one attached hydrogen (secondary N) is 1. The molecule has 0 saturated carbocycles. The molecule has 4 nitrogen and oxygen atoms in total. The maximum absolute atomic E-state index is 11.4. The minimum atomic E-state index is -0.863. The van der Waals surface area contributed by atoms with Crippen molar-refractivity contribution in [1.82, 2.24) is 5.32 Å². The van der Waals surface area contributed by atoms with Gasteiger partial charge in [-0.2, -0.15) is 0 Å². The average Bonchev–Trinajstić information content (AvgIpc) is 2.39. The second-order valence-electron chi connectivity index (χ2n) is 4.48. The minimum absolute atomic E-state index is 0.486. The Morgan fingerprint density at radius 3 is 2.50 bits per heavy atom. The van der Waals surface area contributed by atoms with E-state index in [1.54, 1.807) is 12.1 Å². The maximum atomic E-state index is 11.4. The summed E-state index contributed by atoms with van der Waals surface area (Å²) in [5.74, 6) is -0.806. The molecule has 0 aromatic heterocycles. The number of carboxylic acids is 1. The lowest BCUT2D eigenvalue weighted by atomic mass is 9.90. The molecule has 0 radical (unpaired) electrons. The third-order valence-corrected chi connectivity index (χ3v) is 3.55. The first-order valence-corrected chi connectivity index (χ1v) is 6.31. The van der Waals surface area contributed by atoms with Gasteiger partial charge in [0.1, 0.15) is 5.54 Å². The molecule has 0 spiro atoms. The van der Waals surface area contributed by atoms with Crippen molar-refractivity contribution < 1.29 is 14.6 Å². The van der Waals surface area contributed by atoms with Crippen molar-refractivity contribution >= 4 is 17.6 Å². The van der Waals surface area contributed by atoms with Gasteiger partial charge in [0.2, 0.25) is 0 Å². The molecule has 0 bridgehead atoms. The quantitative estimate of drug-likeness (QED) is 0.879. The van der Waals surface area contributed by atoms with Crippen LogP contribution in [0.25, 0.3) is 0 Å². The van der Waals surface area contributed by atoms with Crippen molar-refractivity contribution in [3.05, 3.63) is 34.9 Å². The highest BCUT2D eigenvalue weighted by Gasteiger charge is 2.39. The molecule has 5 heteroatoms. The predicted molar refractivity (Wildman–Crippen MR) is 68.7 cm³/mol. The molecular weight excluding hydrogens is 254 g/mol. The van der Waals surface area contributed by atoms with Crippen LogP contribution in [0.5, 0.6) is 0 Å². The summed E-state index contributed by atoms with van der Waals surface area (Å²) in [6, 6.07) is 7.39. The Kier molecular flexibility index (Phi) is 4.22. The van der Waals surface area contributed by atoms with Crippen molar-refractivity contribution in [3.8, 4) is 0 Å². The monoisotopic (exact) mass is 269 g/mol. The Morgan fingerprint density at radius 1 is 1.33 bits per heavy atom. The van der Waals surface area contributed by atoms with E-state index in [2.05, 4.69) is 5.32 Å². The van der Waals surface area contributed by atoms with E-state index in [-0.39, 0.29) is 0 Å². The van der Waals surface area contributed by atoms with Gasteiger partial charge < -0.3 is 9.84 Å². The van der Waals surface area contributed by atoms with Crippen LogP contribution >= 0.6 is 11.6 Å². The summed E-state index contributed by atoms with van der Waals surface area (Å²) in [5.41, 5.74) is 0.157. The van der Waals surface area contributed by atoms with Crippen LogP contribution in [-0.2, 0) is 16.1 Å². The number of hydrogen-bond donors (Lipinski definition) is 2. The van der Waals surface area contributed by atoms with Crippen molar-refractivity contribution in [1.29, 1.82) is 0 Å². The number of rotatable bonds is 4. The van der Waals surface area contributed by atoms with Crippen LogP contribution in [0.3, 0.4) is 0 Å². The van der Waals surface area contributed by atoms with E-state index in [4.69, 9.17) is 16.3 Å². The molecule has 1 aliphatic heterocycles. The topological polar surface area (TPSA) is 58.6 Å². The lowest BCUT2D eigenvalue weighted by Crippen LogP contribution is -2.55. The third-order valence-electron chi connectivity index (χ3n) is 3.30. The van der Waals surface area contributed by atoms with Gasteiger partial charge in [-0.05, 0) is 30.5 Å². The average molecular weight is 270 g/mol. The van der Waals surface area contributed by atoms with Gasteiger partial charge in [0.15, 0.2) is 0 Å². The number of hydrogen-bond acceptors (Lipinski definition) is 3. The van der Waals surface area contributed by atoms with Crippen LogP contribution in [0.2, 0.25) is 5.02 Å². The van der Waals surface area contributed by atoms with Crippen LogP contribution in [0.1, 0.15) is 18.4 Å². The van der Waals surface area contributed by atoms with E-state index in [0.717, 1.165) is 5.56 Å². The van der Waals surface area contributed by atoms with E-state index in [9.17, 15) is 9.90 Å². The minimum Gasteiger partial charge on any atom is -0.480 e. The Bertz CT molecular complexity index is 413. The zero-order chi connectivity index (χ0) is 13.0. The summed E-state index contributed by atoms with van der Waals surface area (Å²) in [6.07, 6.45) is 0.992. The molecule has 0 amide bonds. The highest BCUT2D eigenvalue weighted by Crippen LogP contribution is 2.22. The largest absolute Gasteiger partial charge is 0.480 e. The number of ether oxygens (including phenoxy) is 1. The van der Waals surface area contributed by atoms with Crippen molar-refractivity contribution in [3.63, 3.8) is 0 Å². The first-order chi connectivity index (χ1) is 8.62. The van der Waals surface area contributed by atoms with Crippen LogP contribution in [0.4, 0.5) is 0 Å². The second kappa shape index (κ2) is 5.69. The standard InChI is InChI=1S/C13H16ClNO3/c14-11-3-1-10(2-4-11)9-15-13(12(16)17)5-7-18-8-6-13/h1-4,15H,5-9H2,(H,16,17). The molecule has 0 aliphatic carbocycles. The predicted octanol–water partition coefficient (Wildman–Crippen LogP) is 2.06. The first-order valence-electron chi connectivity index (χ1n) is 5.93. The molecule has 2 N–H and O–H groups in total. The molecule has 0 atom stereocenters. The van der Waals surface area contributed by atoms with Gasteiger partial charge in [-0.1, -0.05) is 23.7 Å². The molecule has 2 rings (SSSR count). The van der Waals surface area contributed by atoms with E-state index >= 15 is 0 Å². The second-order valence-corrected chi connectivity index (χ2v) is 4.92. The highest BCUT2D eigenvalue weighted by molar-refractivity contribution is 6.30. The molecule has 1 saturated heterocycles. The Balaban J connectivity index is 2.01. The van der Waals surface area contributed by atoms with Gasteiger partial charge in [-0.15, -0.1) is 0 Å². The zero-order valence-electron chi connectivity index (χ0n) is 9.99. The summed E-state index contributed by atoms with van der Waals surface area (Å²) in [6.45, 7) is 1.49. The van der Waals surface area contributed by atoms with E-state index in [1.807, 2.05) is 12.1 Å². The molecule has 1 aliphatic rings. The van der Waals surface area contributed by atoms with E-state index in [1.165, 1.54) is 0 Å². The van der Waals surface area contributed by atoms with Gasteiger partial charge in [0.25, 0.3) is 0 Å². The van der Waals surface area contributed by atoms with Crippen LogP contribution in [0.15, 0.2) is 24.3 Å². The van der Waals surface area contributed by atoms with E-state index in [0.29, 0.717) is 37.6 Å². The van der Waals surface area contributed by atoms with Crippen LogP contribution in [0, 0.1) is 0 Å². The number of carbonyl (C=O) groups is 1. The SMILES string of the molecule is O=C(O)C1(NCc2ccc(Cl)cc2)CCOCC1. The fourth-order valence-electron chi connectivity index (χ4n) is 2.06. The maximum Gasteiger partial charge on any atom is 0.324 e. The van der Waals surface area contributed by atoms with Crippen LogP contribution in [-0.4, -0.2) is 29.8 Å². The van der Waals surface area contributed by atoms with Crippen LogP contribution < -0.4 is 5.32 Å². The van der Waals surface area contributed by atoms with E-state index < -0.39 is 11.5 Å². The number of benzene rings is 1. The van der Waals surface area contributed by atoms with Gasteiger partial charge in [0.05, 0.1) is 0 Å². The van der Waals surface area contributed by atoms with Crippen molar-refractivity contribution in [2.24, 2.45) is 0 Å². The zero-order valence-corrected chi connectivity index (χ0v) is 10.7. The normalized spacial score (nSPS) is 18.5. The van der Waals surface area contributed by atoms with Gasteiger partial charge in [-0.3, -0.25) is 10.1 Å². The third kappa shape index (κ3) is 3.02. The lowest BCUT2D eigenvalue weighted by Gasteiger charge is -2.34. The Hall–Kier alpha value is -1.10. The first kappa shape index (κ1) is 13.3. The Labute approximate surface area is 111 Å². The molecular formula is C13H16ClNO3. The lowest BCUT2D eigenvalue weighted by molar-refractivity contribution is -0.149. The van der Waals surface area contributed by atoms with Gasteiger partial charge in [-0.25, -0.2) is 0 Å². The van der Waals surface area contributed by atoms with Gasteiger partial charge >= 0.3 is 5.97 Å².